The highest BCUT2D eigenvalue weighted by molar-refractivity contribution is 7.14. The average Bonchev–Trinajstić information content (AvgIpc) is 2.97. The van der Waals surface area contributed by atoms with E-state index in [1.165, 1.54) is 35.8 Å². The lowest BCUT2D eigenvalue weighted by Gasteiger charge is -2.30. The van der Waals surface area contributed by atoms with Crippen molar-refractivity contribution in [2.75, 3.05) is 31.1 Å². The second-order valence-corrected chi connectivity index (χ2v) is 8.50. The first-order valence-corrected chi connectivity index (χ1v) is 10.5. The number of thiophene rings is 1. The van der Waals surface area contributed by atoms with E-state index in [0.717, 1.165) is 30.0 Å². The van der Waals surface area contributed by atoms with Crippen LogP contribution in [0.1, 0.15) is 44.9 Å². The lowest BCUT2D eigenvalue weighted by molar-refractivity contribution is -0.367. The Balaban J connectivity index is 1.38. The molecule has 28 heavy (non-hydrogen) atoms. The van der Waals surface area contributed by atoms with E-state index in [9.17, 15) is 18.0 Å². The molecule has 4 rings (SSSR count). The Bertz CT molecular complexity index is 816. The number of hydrogen-bond donors (Lipinski definition) is 0. The molecule has 0 unspecified atom stereocenters. The number of carbonyl (C=O) groups excluding carboxylic acids is 1. The molecule has 150 valence electrons. The van der Waals surface area contributed by atoms with Crippen LogP contribution >= 0.6 is 11.3 Å². The number of halogens is 3. The minimum Gasteiger partial charge on any atom is -0.330 e. The number of piperazine rings is 1. The molecule has 2 aliphatic rings. The number of alkyl halides is 3. The SMILES string of the molecule is O=C(c1cc2c(s1)CCCCC2)N1CCN(c2ccc(C(F)(F)F)c[nH+]2)CC1. The Morgan fingerprint density at radius 1 is 1.04 bits per heavy atom. The fraction of sp³-hybridized carbons (Fsp3) is 0.500. The number of nitrogens with one attached hydrogen (secondary N) is 1. The van der Waals surface area contributed by atoms with Gasteiger partial charge >= 0.3 is 6.18 Å². The van der Waals surface area contributed by atoms with Gasteiger partial charge in [-0.15, -0.1) is 11.3 Å². The maximum absolute atomic E-state index is 12.9. The van der Waals surface area contributed by atoms with Crippen LogP contribution in [0.4, 0.5) is 19.0 Å². The van der Waals surface area contributed by atoms with E-state index in [1.54, 1.807) is 11.3 Å². The van der Waals surface area contributed by atoms with Crippen molar-refractivity contribution in [1.29, 1.82) is 0 Å². The second kappa shape index (κ2) is 7.73. The summed E-state index contributed by atoms with van der Waals surface area (Å²) in [6, 6.07) is 4.61. The number of pyridine rings is 1. The molecule has 0 bridgehead atoms. The molecule has 0 atom stereocenters. The molecule has 1 aliphatic heterocycles. The lowest BCUT2D eigenvalue weighted by Crippen LogP contribution is -2.50. The fourth-order valence-corrected chi connectivity index (χ4v) is 5.09. The van der Waals surface area contributed by atoms with E-state index in [2.05, 4.69) is 11.1 Å². The summed E-state index contributed by atoms with van der Waals surface area (Å²) in [5, 5.41) is 0. The molecule has 2 aromatic rings. The molecule has 2 aromatic heterocycles. The number of anilines is 1. The van der Waals surface area contributed by atoms with Crippen LogP contribution in [0.2, 0.25) is 0 Å². The molecule has 0 aromatic carbocycles. The standard InChI is InChI=1S/C20H22F3N3OS/c21-20(22,23)15-6-7-18(24-13-15)25-8-10-26(11-9-25)19(27)17-12-14-4-2-1-3-5-16(14)28-17/h6-7,12-13H,1-5,8-11H2/p+1. The first-order valence-electron chi connectivity index (χ1n) is 9.66. The van der Waals surface area contributed by atoms with Gasteiger partial charge in [0.1, 0.15) is 19.3 Å². The van der Waals surface area contributed by atoms with Gasteiger partial charge in [0.25, 0.3) is 11.7 Å². The topological polar surface area (TPSA) is 37.7 Å². The maximum Gasteiger partial charge on any atom is 0.419 e. The van der Waals surface area contributed by atoms with Crippen molar-refractivity contribution < 1.29 is 22.9 Å². The van der Waals surface area contributed by atoms with Gasteiger partial charge in [0.2, 0.25) is 0 Å². The summed E-state index contributed by atoms with van der Waals surface area (Å²) >= 11 is 1.63. The molecule has 0 spiro atoms. The molecular formula is C20H23F3N3OS+. The summed E-state index contributed by atoms with van der Waals surface area (Å²) in [6.07, 6.45) is 2.43. The van der Waals surface area contributed by atoms with Gasteiger partial charge in [-0.25, -0.2) is 4.98 Å². The number of hydrogen-bond acceptors (Lipinski definition) is 3. The molecule has 4 nitrogen and oxygen atoms in total. The Morgan fingerprint density at radius 2 is 1.79 bits per heavy atom. The summed E-state index contributed by atoms with van der Waals surface area (Å²) < 4.78 is 38.1. The zero-order valence-electron chi connectivity index (χ0n) is 15.5. The van der Waals surface area contributed by atoms with Crippen LogP contribution in [0, 0.1) is 0 Å². The number of nitrogens with zero attached hydrogens (tertiary/aromatic N) is 2. The number of carbonyl (C=O) groups is 1. The van der Waals surface area contributed by atoms with Crippen molar-refractivity contribution in [2.24, 2.45) is 0 Å². The van der Waals surface area contributed by atoms with Crippen LogP contribution in [0.3, 0.4) is 0 Å². The summed E-state index contributed by atoms with van der Waals surface area (Å²) in [6.45, 7) is 2.32. The molecule has 3 heterocycles. The lowest BCUT2D eigenvalue weighted by atomic mass is 10.1. The summed E-state index contributed by atoms with van der Waals surface area (Å²) in [5.74, 6) is 0.719. The van der Waals surface area contributed by atoms with Gasteiger partial charge in [-0.2, -0.15) is 13.2 Å². The third kappa shape index (κ3) is 4.01. The Hall–Kier alpha value is -2.09. The van der Waals surface area contributed by atoms with Crippen LogP contribution in [0.25, 0.3) is 0 Å². The first kappa shape index (κ1) is 19.2. The number of aromatic nitrogens is 1. The van der Waals surface area contributed by atoms with Crippen LogP contribution in [-0.4, -0.2) is 37.0 Å². The van der Waals surface area contributed by atoms with Crippen LogP contribution in [0.5, 0.6) is 0 Å². The molecular weight excluding hydrogens is 387 g/mol. The number of aryl methyl sites for hydroxylation is 2. The van der Waals surface area contributed by atoms with E-state index in [1.807, 2.05) is 9.80 Å². The number of aromatic amines is 1. The summed E-state index contributed by atoms with van der Waals surface area (Å²) in [7, 11) is 0. The van der Waals surface area contributed by atoms with Gasteiger partial charge in [0, 0.05) is 10.9 Å². The molecule has 1 N–H and O–H groups in total. The molecule has 0 radical (unpaired) electrons. The average molecular weight is 410 g/mol. The first-order chi connectivity index (χ1) is 13.4. The van der Waals surface area contributed by atoms with Crippen molar-refractivity contribution in [3.8, 4) is 0 Å². The van der Waals surface area contributed by atoms with Crippen molar-refractivity contribution in [3.63, 3.8) is 0 Å². The van der Waals surface area contributed by atoms with E-state index < -0.39 is 11.7 Å². The highest BCUT2D eigenvalue weighted by Gasteiger charge is 2.33. The predicted octanol–water partition coefficient (Wildman–Crippen LogP) is 3.81. The zero-order valence-corrected chi connectivity index (χ0v) is 16.3. The molecule has 0 saturated carbocycles. The van der Waals surface area contributed by atoms with Crippen molar-refractivity contribution >= 4 is 23.1 Å². The van der Waals surface area contributed by atoms with E-state index in [4.69, 9.17) is 0 Å². The van der Waals surface area contributed by atoms with E-state index in [-0.39, 0.29) is 5.91 Å². The van der Waals surface area contributed by atoms with Gasteiger partial charge in [-0.1, -0.05) is 6.42 Å². The number of rotatable bonds is 2. The van der Waals surface area contributed by atoms with Gasteiger partial charge in [0.05, 0.1) is 23.5 Å². The third-order valence-electron chi connectivity index (χ3n) is 5.49. The minimum atomic E-state index is -4.35. The van der Waals surface area contributed by atoms with Crippen LogP contribution in [0.15, 0.2) is 24.4 Å². The molecule has 1 aliphatic carbocycles. The Kier molecular flexibility index (Phi) is 5.31. The Labute approximate surface area is 166 Å². The smallest absolute Gasteiger partial charge is 0.330 e. The highest BCUT2D eigenvalue weighted by atomic mass is 32.1. The second-order valence-electron chi connectivity index (χ2n) is 7.36. The quantitative estimate of drug-likeness (QED) is 0.706. The van der Waals surface area contributed by atoms with Gasteiger partial charge in [-0.3, -0.25) is 9.69 Å². The Morgan fingerprint density at radius 3 is 2.46 bits per heavy atom. The van der Waals surface area contributed by atoms with E-state index >= 15 is 0 Å². The number of fused-ring (bicyclic) bond motifs is 1. The minimum absolute atomic E-state index is 0.0779. The van der Waals surface area contributed by atoms with Gasteiger partial charge in [0.15, 0.2) is 0 Å². The highest BCUT2D eigenvalue weighted by Crippen LogP contribution is 2.30. The van der Waals surface area contributed by atoms with E-state index in [0.29, 0.717) is 32.0 Å². The van der Waals surface area contributed by atoms with Crippen molar-refractivity contribution in [2.45, 2.75) is 38.3 Å². The normalized spacial score (nSPS) is 18.0. The molecule has 1 amide bonds. The number of amides is 1. The van der Waals surface area contributed by atoms with Crippen LogP contribution in [-0.2, 0) is 19.0 Å². The fourth-order valence-electron chi connectivity index (χ4n) is 3.87. The van der Waals surface area contributed by atoms with Crippen LogP contribution < -0.4 is 9.88 Å². The van der Waals surface area contributed by atoms with Crippen molar-refractivity contribution in [1.82, 2.24) is 4.90 Å². The maximum atomic E-state index is 12.9. The summed E-state index contributed by atoms with van der Waals surface area (Å²) in [4.78, 5) is 21.6. The molecule has 1 saturated heterocycles. The summed E-state index contributed by atoms with van der Waals surface area (Å²) in [5.41, 5.74) is 0.645. The zero-order chi connectivity index (χ0) is 19.7. The predicted molar refractivity (Wildman–Crippen MR) is 102 cm³/mol. The molecule has 8 heteroatoms. The van der Waals surface area contributed by atoms with Crippen molar-refractivity contribution in [3.05, 3.63) is 45.3 Å². The van der Waals surface area contributed by atoms with Gasteiger partial charge < -0.3 is 4.90 Å². The number of H-pyrrole nitrogens is 1. The monoisotopic (exact) mass is 410 g/mol. The van der Waals surface area contributed by atoms with Gasteiger partial charge in [-0.05, 0) is 43.4 Å². The largest absolute Gasteiger partial charge is 0.419 e. The third-order valence-corrected chi connectivity index (χ3v) is 6.71. The molecule has 1 fully saturated rings.